The normalized spacial score (nSPS) is 20.1. The minimum absolute atomic E-state index is 0.139. The second-order valence-corrected chi connectivity index (χ2v) is 9.13. The fraction of sp³-hybridized carbons (Fsp3) is 0.826. The van der Waals surface area contributed by atoms with Crippen molar-refractivity contribution in [3.63, 3.8) is 0 Å². The van der Waals surface area contributed by atoms with Crippen molar-refractivity contribution in [3.8, 4) is 0 Å². The molecule has 0 N–H and O–H groups in total. The average molecular weight is 379 g/mol. The van der Waals surface area contributed by atoms with Crippen LogP contribution in [0.15, 0.2) is 11.1 Å². The van der Waals surface area contributed by atoms with Gasteiger partial charge in [0.05, 0.1) is 24.4 Å². The SMILES string of the molecule is CC(C)COC(=O)/C(=C(\C(=O)OCC(C)C)C1CCCC1)C1CCCCC1. The summed E-state index contributed by atoms with van der Waals surface area (Å²) in [5, 5.41) is 0. The molecule has 0 atom stereocenters. The van der Waals surface area contributed by atoms with Crippen molar-refractivity contribution in [2.45, 2.75) is 85.5 Å². The van der Waals surface area contributed by atoms with Gasteiger partial charge in [0.15, 0.2) is 0 Å². The Morgan fingerprint density at radius 1 is 0.667 bits per heavy atom. The van der Waals surface area contributed by atoms with E-state index in [0.717, 1.165) is 51.4 Å². The van der Waals surface area contributed by atoms with Gasteiger partial charge in [-0.1, -0.05) is 59.8 Å². The van der Waals surface area contributed by atoms with Crippen molar-refractivity contribution < 1.29 is 19.1 Å². The van der Waals surface area contributed by atoms with E-state index >= 15 is 0 Å². The molecule has 0 bridgehead atoms. The molecule has 2 saturated carbocycles. The quantitative estimate of drug-likeness (QED) is 0.416. The Bertz CT molecular complexity index is 520. The molecule has 2 rings (SSSR count). The molecule has 0 heterocycles. The monoisotopic (exact) mass is 378 g/mol. The highest BCUT2D eigenvalue weighted by Crippen LogP contribution is 2.39. The molecule has 0 aliphatic heterocycles. The van der Waals surface area contributed by atoms with Crippen molar-refractivity contribution in [1.82, 2.24) is 0 Å². The van der Waals surface area contributed by atoms with Gasteiger partial charge in [-0.15, -0.1) is 0 Å². The lowest BCUT2D eigenvalue weighted by Gasteiger charge is -2.28. The highest BCUT2D eigenvalue weighted by molar-refractivity contribution is 6.01. The van der Waals surface area contributed by atoms with Crippen LogP contribution in [0.5, 0.6) is 0 Å². The Hall–Kier alpha value is -1.32. The van der Waals surface area contributed by atoms with Crippen molar-refractivity contribution in [3.05, 3.63) is 11.1 Å². The van der Waals surface area contributed by atoms with Crippen LogP contribution in [-0.2, 0) is 19.1 Å². The number of carbonyl (C=O) groups is 2. The van der Waals surface area contributed by atoms with E-state index in [1.165, 1.54) is 6.42 Å². The molecule has 0 spiro atoms. The van der Waals surface area contributed by atoms with Gasteiger partial charge in [0.25, 0.3) is 0 Å². The number of esters is 2. The van der Waals surface area contributed by atoms with Crippen LogP contribution in [0.4, 0.5) is 0 Å². The van der Waals surface area contributed by atoms with Crippen LogP contribution in [0.2, 0.25) is 0 Å². The van der Waals surface area contributed by atoms with Gasteiger partial charge in [0, 0.05) is 0 Å². The van der Waals surface area contributed by atoms with Gasteiger partial charge in [-0.05, 0) is 49.4 Å². The molecule has 2 aliphatic rings. The Morgan fingerprint density at radius 2 is 1.00 bits per heavy atom. The summed E-state index contributed by atoms with van der Waals surface area (Å²) >= 11 is 0. The molecule has 2 aliphatic carbocycles. The zero-order chi connectivity index (χ0) is 19.8. The maximum atomic E-state index is 13.1. The van der Waals surface area contributed by atoms with Gasteiger partial charge >= 0.3 is 11.9 Å². The minimum atomic E-state index is -0.280. The van der Waals surface area contributed by atoms with Gasteiger partial charge in [0.1, 0.15) is 0 Å². The van der Waals surface area contributed by atoms with E-state index in [-0.39, 0.29) is 35.6 Å². The second kappa shape index (κ2) is 10.9. The third-order valence-electron chi connectivity index (χ3n) is 5.60. The lowest BCUT2D eigenvalue weighted by atomic mass is 9.78. The van der Waals surface area contributed by atoms with E-state index in [1.807, 2.05) is 27.7 Å². The molecule has 0 saturated heterocycles. The topological polar surface area (TPSA) is 52.6 Å². The van der Waals surface area contributed by atoms with Crippen LogP contribution in [0, 0.1) is 23.7 Å². The number of ether oxygens (including phenoxy) is 2. The summed E-state index contributed by atoms with van der Waals surface area (Å²) in [6, 6.07) is 0. The largest absolute Gasteiger partial charge is 0.462 e. The zero-order valence-electron chi connectivity index (χ0n) is 17.7. The first-order chi connectivity index (χ1) is 12.9. The Balaban J connectivity index is 2.37. The minimum Gasteiger partial charge on any atom is -0.462 e. The van der Waals surface area contributed by atoms with Crippen LogP contribution in [0.25, 0.3) is 0 Å². The first-order valence-electron chi connectivity index (χ1n) is 11.0. The molecule has 4 heteroatoms. The summed E-state index contributed by atoms with van der Waals surface area (Å²) < 4.78 is 11.3. The van der Waals surface area contributed by atoms with Crippen molar-refractivity contribution >= 4 is 11.9 Å². The standard InChI is InChI=1S/C23H38O4/c1-16(2)14-26-22(24)20(18-10-6-5-7-11-18)21(19-12-8-9-13-19)23(25)27-15-17(3)4/h16-19H,5-15H2,1-4H3/b21-20-. The summed E-state index contributed by atoms with van der Waals surface area (Å²) in [6.45, 7) is 8.93. The highest BCUT2D eigenvalue weighted by atomic mass is 16.5. The van der Waals surface area contributed by atoms with E-state index in [1.54, 1.807) is 0 Å². The molecule has 27 heavy (non-hydrogen) atoms. The molecule has 0 aromatic rings. The summed E-state index contributed by atoms with van der Waals surface area (Å²) in [5.74, 6) is 0.291. The maximum Gasteiger partial charge on any atom is 0.334 e. The Labute approximate surface area is 165 Å². The maximum absolute atomic E-state index is 13.1. The third kappa shape index (κ3) is 6.65. The predicted molar refractivity (Wildman–Crippen MR) is 107 cm³/mol. The Kier molecular flexibility index (Phi) is 8.85. The number of rotatable bonds is 8. The lowest BCUT2D eigenvalue weighted by molar-refractivity contribution is -0.144. The summed E-state index contributed by atoms with van der Waals surface area (Å²) in [5.41, 5.74) is 1.30. The van der Waals surface area contributed by atoms with Crippen LogP contribution in [0.1, 0.15) is 85.5 Å². The van der Waals surface area contributed by atoms with E-state index in [9.17, 15) is 9.59 Å². The second-order valence-electron chi connectivity index (χ2n) is 9.13. The number of carbonyl (C=O) groups excluding carboxylic acids is 2. The lowest BCUT2D eigenvalue weighted by Crippen LogP contribution is -2.28. The van der Waals surface area contributed by atoms with Crippen LogP contribution < -0.4 is 0 Å². The molecule has 154 valence electrons. The average Bonchev–Trinajstić information content (AvgIpc) is 3.16. The number of hydrogen-bond donors (Lipinski definition) is 0. The summed E-state index contributed by atoms with van der Waals surface area (Å²) in [6.07, 6.45) is 9.56. The fourth-order valence-corrected chi connectivity index (χ4v) is 4.24. The van der Waals surface area contributed by atoms with Crippen molar-refractivity contribution in [1.29, 1.82) is 0 Å². The predicted octanol–water partition coefficient (Wildman–Crippen LogP) is 5.45. The van der Waals surface area contributed by atoms with Gasteiger partial charge in [-0.2, -0.15) is 0 Å². The molecule has 0 amide bonds. The van der Waals surface area contributed by atoms with Crippen LogP contribution >= 0.6 is 0 Å². The van der Waals surface area contributed by atoms with Crippen molar-refractivity contribution in [2.24, 2.45) is 23.7 Å². The summed E-state index contributed by atoms with van der Waals surface area (Å²) in [4.78, 5) is 26.2. The summed E-state index contributed by atoms with van der Waals surface area (Å²) in [7, 11) is 0. The van der Waals surface area contributed by atoms with Gasteiger partial charge in [-0.3, -0.25) is 0 Å². The molecular formula is C23H38O4. The molecule has 0 aromatic heterocycles. The third-order valence-corrected chi connectivity index (χ3v) is 5.60. The van der Waals surface area contributed by atoms with Crippen LogP contribution in [-0.4, -0.2) is 25.2 Å². The molecule has 0 radical (unpaired) electrons. The van der Waals surface area contributed by atoms with E-state index < -0.39 is 0 Å². The fourth-order valence-electron chi connectivity index (χ4n) is 4.24. The molecule has 4 nitrogen and oxygen atoms in total. The first-order valence-corrected chi connectivity index (χ1v) is 11.0. The first kappa shape index (κ1) is 22.0. The van der Waals surface area contributed by atoms with E-state index in [4.69, 9.17) is 9.47 Å². The molecule has 0 aromatic carbocycles. The van der Waals surface area contributed by atoms with Crippen LogP contribution in [0.3, 0.4) is 0 Å². The Morgan fingerprint density at radius 3 is 1.33 bits per heavy atom. The molecule has 2 fully saturated rings. The smallest absolute Gasteiger partial charge is 0.334 e. The number of hydrogen-bond acceptors (Lipinski definition) is 4. The van der Waals surface area contributed by atoms with Gasteiger partial charge in [0.2, 0.25) is 0 Å². The van der Waals surface area contributed by atoms with E-state index in [0.29, 0.717) is 24.4 Å². The highest BCUT2D eigenvalue weighted by Gasteiger charge is 2.36. The zero-order valence-corrected chi connectivity index (χ0v) is 17.7. The van der Waals surface area contributed by atoms with E-state index in [2.05, 4.69) is 0 Å². The van der Waals surface area contributed by atoms with Crippen molar-refractivity contribution in [2.75, 3.05) is 13.2 Å². The van der Waals surface area contributed by atoms with Gasteiger partial charge < -0.3 is 9.47 Å². The molecular weight excluding hydrogens is 340 g/mol. The van der Waals surface area contributed by atoms with Gasteiger partial charge in [-0.25, -0.2) is 9.59 Å². The molecule has 0 unspecified atom stereocenters.